The number of hydrogen-bond donors (Lipinski definition) is 1. The van der Waals surface area contributed by atoms with Crippen LogP contribution in [0.3, 0.4) is 0 Å². The van der Waals surface area contributed by atoms with Crippen molar-refractivity contribution in [3.63, 3.8) is 0 Å². The molecule has 0 aromatic heterocycles. The lowest BCUT2D eigenvalue weighted by molar-refractivity contribution is -0.188. The topological polar surface area (TPSA) is 44.5 Å². The summed E-state index contributed by atoms with van der Waals surface area (Å²) in [5.74, 6) is 1.32. The van der Waals surface area contributed by atoms with E-state index in [4.69, 9.17) is 15.2 Å². The first-order valence-electron chi connectivity index (χ1n) is 8.27. The Morgan fingerprint density at radius 3 is 2.30 bits per heavy atom. The number of allylic oxidation sites excluding steroid dienone is 1. The Balaban J connectivity index is 1.73. The molecule has 3 nitrogen and oxygen atoms in total. The summed E-state index contributed by atoms with van der Waals surface area (Å²) in [5.41, 5.74) is 8.05. The van der Waals surface area contributed by atoms with Gasteiger partial charge in [0.25, 0.3) is 0 Å². The third-order valence-corrected chi connectivity index (χ3v) is 6.10. The largest absolute Gasteiger partial charge is 0.348 e. The predicted octanol–water partition coefficient (Wildman–Crippen LogP) is 3.24. The van der Waals surface area contributed by atoms with Gasteiger partial charge >= 0.3 is 0 Å². The molecule has 3 rings (SSSR count). The predicted molar refractivity (Wildman–Crippen MR) is 80.2 cm³/mol. The van der Waals surface area contributed by atoms with E-state index < -0.39 is 0 Å². The van der Waals surface area contributed by atoms with Gasteiger partial charge in [0, 0.05) is 24.8 Å². The smallest absolute Gasteiger partial charge is 0.168 e. The zero-order valence-electron chi connectivity index (χ0n) is 13.0. The maximum Gasteiger partial charge on any atom is 0.168 e. The molecule has 0 aromatic rings. The Labute approximate surface area is 122 Å². The van der Waals surface area contributed by atoms with Crippen LogP contribution in [0.5, 0.6) is 0 Å². The van der Waals surface area contributed by atoms with Gasteiger partial charge in [-0.3, -0.25) is 0 Å². The zero-order valence-corrected chi connectivity index (χ0v) is 13.0. The molecule has 0 amide bonds. The third-order valence-electron chi connectivity index (χ3n) is 6.10. The molecule has 3 aliphatic rings. The van der Waals surface area contributed by atoms with Gasteiger partial charge in [-0.2, -0.15) is 0 Å². The summed E-state index contributed by atoms with van der Waals surface area (Å²) in [4.78, 5) is 0. The minimum Gasteiger partial charge on any atom is -0.348 e. The molecular formula is C17H29NO2. The van der Waals surface area contributed by atoms with Crippen LogP contribution < -0.4 is 5.73 Å². The van der Waals surface area contributed by atoms with Crippen molar-refractivity contribution in [2.75, 3.05) is 19.8 Å². The molecule has 2 unspecified atom stereocenters. The molecule has 20 heavy (non-hydrogen) atoms. The minimum atomic E-state index is -0.271. The highest BCUT2D eigenvalue weighted by atomic mass is 16.7. The van der Waals surface area contributed by atoms with Gasteiger partial charge < -0.3 is 15.2 Å². The normalized spacial score (nSPS) is 36.0. The van der Waals surface area contributed by atoms with Gasteiger partial charge in [-0.15, -0.1) is 0 Å². The van der Waals surface area contributed by atoms with Crippen molar-refractivity contribution in [2.24, 2.45) is 23.0 Å². The SMILES string of the molecule is CC1CC=C(C2(CN)CCC3(CC2)OCCO3)CC1C. The van der Waals surface area contributed by atoms with Crippen LogP contribution in [-0.2, 0) is 9.47 Å². The summed E-state index contributed by atoms with van der Waals surface area (Å²) in [6.45, 7) is 7.04. The average molecular weight is 279 g/mol. The van der Waals surface area contributed by atoms with Crippen LogP contribution >= 0.6 is 0 Å². The summed E-state index contributed by atoms with van der Waals surface area (Å²) in [6, 6.07) is 0. The Kier molecular flexibility index (Phi) is 3.95. The van der Waals surface area contributed by atoms with Crippen molar-refractivity contribution in [1.29, 1.82) is 0 Å². The van der Waals surface area contributed by atoms with Crippen molar-refractivity contribution in [1.82, 2.24) is 0 Å². The second-order valence-corrected chi connectivity index (χ2v) is 7.22. The van der Waals surface area contributed by atoms with Gasteiger partial charge in [-0.05, 0) is 37.5 Å². The molecule has 0 aromatic carbocycles. The molecule has 1 spiro atoms. The molecule has 0 bridgehead atoms. The second kappa shape index (κ2) is 5.43. The Morgan fingerprint density at radius 1 is 1.10 bits per heavy atom. The summed E-state index contributed by atoms with van der Waals surface area (Å²) in [5, 5.41) is 0. The highest BCUT2D eigenvalue weighted by Gasteiger charge is 2.47. The number of rotatable bonds is 2. The fourth-order valence-corrected chi connectivity index (χ4v) is 4.18. The Morgan fingerprint density at radius 2 is 1.75 bits per heavy atom. The van der Waals surface area contributed by atoms with Crippen molar-refractivity contribution in [3.8, 4) is 0 Å². The van der Waals surface area contributed by atoms with Crippen LogP contribution in [0.4, 0.5) is 0 Å². The Hall–Kier alpha value is -0.380. The van der Waals surface area contributed by atoms with Gasteiger partial charge in [-0.1, -0.05) is 25.5 Å². The standard InChI is InChI=1S/C17H29NO2/c1-13-3-4-15(11-14(13)2)16(12-18)5-7-17(8-6-16)19-9-10-20-17/h4,13-14H,3,5-12,18H2,1-2H3. The third kappa shape index (κ3) is 2.44. The van der Waals surface area contributed by atoms with E-state index in [1.54, 1.807) is 5.57 Å². The molecule has 3 heteroatoms. The van der Waals surface area contributed by atoms with Gasteiger partial charge in [0.1, 0.15) is 0 Å². The molecule has 1 aliphatic heterocycles. The highest BCUT2D eigenvalue weighted by Crippen LogP contribution is 2.51. The van der Waals surface area contributed by atoms with Crippen LogP contribution in [0.1, 0.15) is 52.4 Å². The minimum absolute atomic E-state index is 0.217. The molecule has 1 heterocycles. The molecule has 1 saturated heterocycles. The van der Waals surface area contributed by atoms with E-state index in [0.717, 1.165) is 57.3 Å². The maximum absolute atomic E-state index is 6.21. The number of ether oxygens (including phenoxy) is 2. The number of hydrogen-bond acceptors (Lipinski definition) is 3. The lowest BCUT2D eigenvalue weighted by Crippen LogP contribution is -2.45. The first-order valence-corrected chi connectivity index (χ1v) is 8.27. The van der Waals surface area contributed by atoms with E-state index in [1.807, 2.05) is 0 Å². The first-order chi connectivity index (χ1) is 9.59. The summed E-state index contributed by atoms with van der Waals surface area (Å²) in [6.07, 6.45) is 9.19. The lowest BCUT2D eigenvalue weighted by Gasteiger charge is -2.46. The number of nitrogens with two attached hydrogens (primary N) is 1. The molecule has 2 N–H and O–H groups in total. The molecular weight excluding hydrogens is 250 g/mol. The average Bonchev–Trinajstić information content (AvgIpc) is 2.92. The summed E-state index contributed by atoms with van der Waals surface area (Å²) < 4.78 is 11.7. The fraction of sp³-hybridized carbons (Fsp3) is 0.882. The second-order valence-electron chi connectivity index (χ2n) is 7.22. The molecule has 1 saturated carbocycles. The highest BCUT2D eigenvalue weighted by molar-refractivity contribution is 5.20. The summed E-state index contributed by atoms with van der Waals surface area (Å²) >= 11 is 0. The van der Waals surface area contributed by atoms with Gasteiger partial charge in [0.2, 0.25) is 0 Å². The van der Waals surface area contributed by atoms with Crippen molar-refractivity contribution in [2.45, 2.75) is 58.2 Å². The van der Waals surface area contributed by atoms with E-state index in [9.17, 15) is 0 Å². The summed E-state index contributed by atoms with van der Waals surface area (Å²) in [7, 11) is 0. The van der Waals surface area contributed by atoms with Crippen molar-refractivity contribution >= 4 is 0 Å². The zero-order chi connectivity index (χ0) is 14.2. The molecule has 2 fully saturated rings. The molecule has 2 aliphatic carbocycles. The lowest BCUT2D eigenvalue weighted by atomic mass is 9.63. The van der Waals surface area contributed by atoms with Crippen LogP contribution in [0.15, 0.2) is 11.6 Å². The first kappa shape index (κ1) is 14.6. The van der Waals surface area contributed by atoms with Crippen LogP contribution in [0.25, 0.3) is 0 Å². The van der Waals surface area contributed by atoms with Crippen LogP contribution in [0, 0.1) is 17.3 Å². The molecule has 2 atom stereocenters. The van der Waals surface area contributed by atoms with E-state index >= 15 is 0 Å². The van der Waals surface area contributed by atoms with Crippen molar-refractivity contribution < 1.29 is 9.47 Å². The van der Waals surface area contributed by atoms with Crippen molar-refractivity contribution in [3.05, 3.63) is 11.6 Å². The van der Waals surface area contributed by atoms with Gasteiger partial charge in [0.15, 0.2) is 5.79 Å². The quantitative estimate of drug-likeness (QED) is 0.789. The molecule has 0 radical (unpaired) electrons. The van der Waals surface area contributed by atoms with E-state index in [0.29, 0.717) is 0 Å². The van der Waals surface area contributed by atoms with E-state index in [2.05, 4.69) is 19.9 Å². The maximum atomic E-state index is 6.21. The molecule has 114 valence electrons. The Bertz CT molecular complexity index is 374. The van der Waals surface area contributed by atoms with E-state index in [1.165, 1.54) is 12.8 Å². The van der Waals surface area contributed by atoms with E-state index in [-0.39, 0.29) is 11.2 Å². The van der Waals surface area contributed by atoms with Gasteiger partial charge in [-0.25, -0.2) is 0 Å². The van der Waals surface area contributed by atoms with Crippen LogP contribution in [-0.4, -0.2) is 25.5 Å². The monoisotopic (exact) mass is 279 g/mol. The van der Waals surface area contributed by atoms with Crippen LogP contribution in [0.2, 0.25) is 0 Å². The van der Waals surface area contributed by atoms with Gasteiger partial charge in [0.05, 0.1) is 13.2 Å². The fourth-order valence-electron chi connectivity index (χ4n) is 4.18.